The zero-order valence-electron chi connectivity index (χ0n) is 19.0. The molecule has 1 unspecified atom stereocenters. The Morgan fingerprint density at radius 1 is 1.18 bits per heavy atom. The van der Waals surface area contributed by atoms with Crippen LogP contribution in [0.25, 0.3) is 0 Å². The number of alkyl halides is 3. The molecule has 2 atom stereocenters. The Labute approximate surface area is 190 Å². The monoisotopic (exact) mass is 473 g/mol. The van der Waals surface area contributed by atoms with Gasteiger partial charge < -0.3 is 31.3 Å². The number of alkyl carbamates (subject to hydrolysis) is 1. The van der Waals surface area contributed by atoms with E-state index < -0.39 is 61.2 Å². The molecule has 1 aliphatic rings. The van der Waals surface area contributed by atoms with Crippen LogP contribution in [0, 0.1) is 5.92 Å². The maximum atomic E-state index is 13.3. The number of likely N-dealkylation sites (tertiary alicyclic amines) is 1. The van der Waals surface area contributed by atoms with Crippen molar-refractivity contribution in [3.63, 3.8) is 0 Å². The average molecular weight is 473 g/mol. The Balaban J connectivity index is 2.05. The summed E-state index contributed by atoms with van der Waals surface area (Å²) < 4.78 is 45.0. The second kappa shape index (κ2) is 10.2. The van der Waals surface area contributed by atoms with Crippen LogP contribution in [-0.2, 0) is 20.9 Å². The number of hydrogen-bond acceptors (Lipinski definition) is 6. The van der Waals surface area contributed by atoms with Crippen LogP contribution in [0.3, 0.4) is 0 Å². The lowest BCUT2D eigenvalue weighted by Gasteiger charge is -2.25. The Hall–Kier alpha value is -3.18. The molecule has 0 bridgehead atoms. The second-order valence-electron chi connectivity index (χ2n) is 8.78. The molecular formula is C21H30F3N5O4. The molecule has 0 aliphatic carbocycles. The number of carbonyl (C=O) groups is 3. The minimum Gasteiger partial charge on any atom is -0.444 e. The van der Waals surface area contributed by atoms with E-state index in [1.165, 1.54) is 0 Å². The van der Waals surface area contributed by atoms with Gasteiger partial charge in [0.05, 0.1) is 17.3 Å². The van der Waals surface area contributed by atoms with Crippen LogP contribution in [0.1, 0.15) is 32.8 Å². The number of carbonyl (C=O) groups excluding carboxylic acids is 3. The van der Waals surface area contributed by atoms with Crippen molar-refractivity contribution in [1.29, 1.82) is 0 Å². The van der Waals surface area contributed by atoms with E-state index in [1.807, 2.05) is 0 Å². The van der Waals surface area contributed by atoms with Crippen molar-refractivity contribution < 1.29 is 32.3 Å². The normalized spacial score (nSPS) is 18.6. The third-order valence-corrected chi connectivity index (χ3v) is 5.02. The zero-order valence-corrected chi connectivity index (χ0v) is 19.0. The van der Waals surface area contributed by atoms with E-state index >= 15 is 0 Å². The number of ether oxygens (including phenoxy) is 1. The van der Waals surface area contributed by atoms with Crippen molar-refractivity contribution in [3.8, 4) is 0 Å². The minimum absolute atomic E-state index is 0.0262. The van der Waals surface area contributed by atoms with Crippen LogP contribution in [0.15, 0.2) is 18.2 Å². The van der Waals surface area contributed by atoms with Gasteiger partial charge in [-0.15, -0.1) is 0 Å². The lowest BCUT2D eigenvalue weighted by Crippen LogP contribution is -2.49. The van der Waals surface area contributed by atoms with E-state index in [9.17, 15) is 27.6 Å². The topological polar surface area (TPSA) is 126 Å². The van der Waals surface area contributed by atoms with Crippen LogP contribution in [0.4, 0.5) is 29.3 Å². The largest absolute Gasteiger partial charge is 0.444 e. The quantitative estimate of drug-likeness (QED) is 0.470. The van der Waals surface area contributed by atoms with E-state index in [1.54, 1.807) is 46.0 Å². The summed E-state index contributed by atoms with van der Waals surface area (Å²) in [7, 11) is 1.70. The van der Waals surface area contributed by atoms with Crippen molar-refractivity contribution in [2.24, 2.45) is 5.92 Å². The molecule has 1 aliphatic heterocycles. The third-order valence-electron chi connectivity index (χ3n) is 5.02. The molecule has 184 valence electrons. The van der Waals surface area contributed by atoms with E-state index in [0.717, 1.165) is 4.90 Å². The van der Waals surface area contributed by atoms with Crippen molar-refractivity contribution in [3.05, 3.63) is 23.8 Å². The molecule has 33 heavy (non-hydrogen) atoms. The summed E-state index contributed by atoms with van der Waals surface area (Å²) in [4.78, 5) is 37.9. The standard InChI is InChI=1S/C21H30F3N5O4/c1-20(2,3)33-19(32)28-10-17(30)29-11-13(21(22,23)24)8-16(29)18(31)27-9-12-5-6-15(26-4)14(25)7-12/h5-7,13,16,26H,8-11,25H2,1-4H3,(H,27,31)(H,28,32)/t13?,16-/m0/s1. The Bertz CT molecular complexity index is 886. The summed E-state index contributed by atoms with van der Waals surface area (Å²) in [5, 5.41) is 7.69. The highest BCUT2D eigenvalue weighted by Gasteiger charge is 2.50. The number of benzene rings is 1. The highest BCUT2D eigenvalue weighted by Crippen LogP contribution is 2.36. The van der Waals surface area contributed by atoms with Crippen LogP contribution < -0.4 is 21.7 Å². The zero-order chi connectivity index (χ0) is 25.0. The summed E-state index contributed by atoms with van der Waals surface area (Å²) in [5.74, 6) is -3.37. The SMILES string of the molecule is CNc1ccc(CNC(=O)[C@@H]2CC(C(F)(F)F)CN2C(=O)CNC(=O)OC(C)(C)C)cc1N. The van der Waals surface area contributed by atoms with Gasteiger partial charge in [0.25, 0.3) is 0 Å². The van der Waals surface area contributed by atoms with Crippen molar-refractivity contribution in [2.75, 3.05) is 31.2 Å². The van der Waals surface area contributed by atoms with Crippen LogP contribution in [-0.4, -0.2) is 60.8 Å². The van der Waals surface area contributed by atoms with Crippen LogP contribution in [0.2, 0.25) is 0 Å². The van der Waals surface area contributed by atoms with Gasteiger partial charge in [0.2, 0.25) is 11.8 Å². The lowest BCUT2D eigenvalue weighted by molar-refractivity contribution is -0.171. The van der Waals surface area contributed by atoms with Gasteiger partial charge in [0.1, 0.15) is 18.2 Å². The average Bonchev–Trinajstić information content (AvgIpc) is 3.15. The molecule has 0 aromatic heterocycles. The second-order valence-corrected chi connectivity index (χ2v) is 8.78. The Kier molecular flexibility index (Phi) is 8.04. The highest BCUT2D eigenvalue weighted by molar-refractivity contribution is 5.90. The fraction of sp³-hybridized carbons (Fsp3) is 0.571. The summed E-state index contributed by atoms with van der Waals surface area (Å²) in [6.07, 6.45) is -6.01. The van der Waals surface area contributed by atoms with Gasteiger partial charge in [0, 0.05) is 20.1 Å². The van der Waals surface area contributed by atoms with Gasteiger partial charge in [0.15, 0.2) is 0 Å². The molecule has 5 N–H and O–H groups in total. The molecule has 1 saturated heterocycles. The predicted octanol–water partition coefficient (Wildman–Crippen LogP) is 2.23. The molecule has 3 amide bonds. The fourth-order valence-electron chi connectivity index (χ4n) is 3.42. The van der Waals surface area contributed by atoms with Crippen molar-refractivity contribution in [1.82, 2.24) is 15.5 Å². The number of nitrogens with zero attached hydrogens (tertiary/aromatic N) is 1. The summed E-state index contributed by atoms with van der Waals surface area (Å²) in [6.45, 7) is 3.65. The van der Waals surface area contributed by atoms with Gasteiger partial charge in [-0.25, -0.2) is 4.79 Å². The summed E-state index contributed by atoms with van der Waals surface area (Å²) >= 11 is 0. The molecule has 1 aromatic carbocycles. The number of nitrogens with one attached hydrogen (secondary N) is 3. The molecule has 12 heteroatoms. The van der Waals surface area contributed by atoms with Crippen LogP contribution in [0.5, 0.6) is 0 Å². The summed E-state index contributed by atoms with van der Waals surface area (Å²) in [6, 6.07) is 3.74. The van der Waals surface area contributed by atoms with Crippen LogP contribution >= 0.6 is 0 Å². The molecule has 0 radical (unpaired) electrons. The van der Waals surface area contributed by atoms with Gasteiger partial charge in [-0.3, -0.25) is 9.59 Å². The molecule has 0 spiro atoms. The lowest BCUT2D eigenvalue weighted by atomic mass is 10.0. The van der Waals surface area contributed by atoms with Gasteiger partial charge in [-0.1, -0.05) is 6.07 Å². The molecule has 2 rings (SSSR count). The highest BCUT2D eigenvalue weighted by atomic mass is 19.4. The molecule has 0 saturated carbocycles. The first-order valence-electron chi connectivity index (χ1n) is 10.4. The predicted molar refractivity (Wildman–Crippen MR) is 116 cm³/mol. The van der Waals surface area contributed by atoms with E-state index in [0.29, 0.717) is 16.9 Å². The molecule has 9 nitrogen and oxygen atoms in total. The fourth-order valence-corrected chi connectivity index (χ4v) is 3.42. The number of anilines is 2. The first-order chi connectivity index (χ1) is 15.2. The summed E-state index contributed by atoms with van der Waals surface area (Å²) in [5.41, 5.74) is 6.88. The van der Waals surface area contributed by atoms with Gasteiger partial charge in [-0.05, 0) is 44.9 Å². The molecule has 1 aromatic rings. The van der Waals surface area contributed by atoms with Crippen molar-refractivity contribution >= 4 is 29.3 Å². The number of nitrogens with two attached hydrogens (primary N) is 1. The Morgan fingerprint density at radius 2 is 1.85 bits per heavy atom. The van der Waals surface area contributed by atoms with E-state index in [2.05, 4.69) is 16.0 Å². The Morgan fingerprint density at radius 3 is 2.39 bits per heavy atom. The first kappa shape index (κ1) is 26.1. The van der Waals surface area contributed by atoms with E-state index in [4.69, 9.17) is 10.5 Å². The number of halogens is 3. The number of rotatable bonds is 6. The number of nitrogen functional groups attached to an aromatic ring is 1. The van der Waals surface area contributed by atoms with Gasteiger partial charge in [-0.2, -0.15) is 13.2 Å². The maximum Gasteiger partial charge on any atom is 0.408 e. The minimum atomic E-state index is -4.57. The molecule has 1 fully saturated rings. The smallest absolute Gasteiger partial charge is 0.408 e. The number of hydrogen-bond donors (Lipinski definition) is 4. The van der Waals surface area contributed by atoms with Crippen molar-refractivity contribution in [2.45, 2.75) is 51.6 Å². The van der Waals surface area contributed by atoms with E-state index in [-0.39, 0.29) is 6.54 Å². The van der Waals surface area contributed by atoms with Gasteiger partial charge >= 0.3 is 12.3 Å². The molecular weight excluding hydrogens is 443 g/mol. The molecule has 1 heterocycles. The third kappa shape index (κ3) is 7.43. The number of amides is 3. The maximum absolute atomic E-state index is 13.3. The first-order valence-corrected chi connectivity index (χ1v) is 10.4.